The van der Waals surface area contributed by atoms with Gasteiger partial charge in [-0.25, -0.2) is 0 Å². The second kappa shape index (κ2) is 5.55. The fraction of sp³-hybridized carbons (Fsp3) is 0.286. The third-order valence-corrected chi connectivity index (χ3v) is 3.21. The van der Waals surface area contributed by atoms with Gasteiger partial charge >= 0.3 is 5.97 Å². The third-order valence-electron chi connectivity index (χ3n) is 2.96. The number of carbonyl (C=O) groups excluding carboxylic acids is 2. The Hall–Kier alpha value is -1.65. The van der Waals surface area contributed by atoms with Crippen molar-refractivity contribution >= 4 is 28.9 Å². The number of ketones is 1. The number of halogens is 1. The SMILES string of the molecule is CCOC(=O)C1C(=O)C=C(c2ccc(Cl)cc2)C1O. The highest BCUT2D eigenvalue weighted by molar-refractivity contribution is 6.30. The number of rotatable bonds is 3. The maximum absolute atomic E-state index is 11.8. The van der Waals surface area contributed by atoms with Crippen LogP contribution < -0.4 is 0 Å². The summed E-state index contributed by atoms with van der Waals surface area (Å²) in [7, 11) is 0. The van der Waals surface area contributed by atoms with Gasteiger partial charge in [0.2, 0.25) is 0 Å². The van der Waals surface area contributed by atoms with E-state index in [4.69, 9.17) is 16.3 Å². The lowest BCUT2D eigenvalue weighted by molar-refractivity contribution is -0.152. The van der Waals surface area contributed by atoms with E-state index in [1.165, 1.54) is 6.08 Å². The number of benzene rings is 1. The first-order valence-corrected chi connectivity index (χ1v) is 6.28. The molecule has 5 heteroatoms. The second-order valence-corrected chi connectivity index (χ2v) is 4.62. The summed E-state index contributed by atoms with van der Waals surface area (Å²) in [4.78, 5) is 23.4. The Labute approximate surface area is 115 Å². The molecule has 4 nitrogen and oxygen atoms in total. The van der Waals surface area contributed by atoms with Crippen LogP contribution in [0, 0.1) is 5.92 Å². The smallest absolute Gasteiger partial charge is 0.319 e. The van der Waals surface area contributed by atoms with Gasteiger partial charge in [-0.15, -0.1) is 0 Å². The van der Waals surface area contributed by atoms with E-state index < -0.39 is 23.8 Å². The van der Waals surface area contributed by atoms with E-state index in [-0.39, 0.29) is 6.61 Å². The minimum atomic E-state index is -1.17. The number of allylic oxidation sites excluding steroid dienone is 1. The summed E-state index contributed by atoms with van der Waals surface area (Å²) in [5.74, 6) is -2.29. The van der Waals surface area contributed by atoms with Crippen molar-refractivity contribution in [3.8, 4) is 0 Å². The van der Waals surface area contributed by atoms with Crippen LogP contribution >= 0.6 is 11.6 Å². The van der Waals surface area contributed by atoms with Gasteiger partial charge in [-0.1, -0.05) is 23.7 Å². The zero-order valence-corrected chi connectivity index (χ0v) is 11.1. The van der Waals surface area contributed by atoms with Crippen LogP contribution in [0.1, 0.15) is 12.5 Å². The molecule has 0 fully saturated rings. The highest BCUT2D eigenvalue weighted by Gasteiger charge is 2.41. The number of aliphatic hydroxyl groups is 1. The Morgan fingerprint density at radius 3 is 2.58 bits per heavy atom. The Morgan fingerprint density at radius 2 is 2.00 bits per heavy atom. The highest BCUT2D eigenvalue weighted by Crippen LogP contribution is 2.32. The second-order valence-electron chi connectivity index (χ2n) is 4.18. The zero-order chi connectivity index (χ0) is 14.0. The summed E-state index contributed by atoms with van der Waals surface area (Å²) in [6, 6.07) is 6.70. The average Bonchev–Trinajstić information content (AvgIpc) is 2.66. The van der Waals surface area contributed by atoms with Crippen LogP contribution in [0.3, 0.4) is 0 Å². The molecule has 1 aromatic carbocycles. The molecule has 100 valence electrons. The molecule has 1 aromatic rings. The number of hydrogen-bond acceptors (Lipinski definition) is 4. The van der Waals surface area contributed by atoms with Crippen molar-refractivity contribution < 1.29 is 19.4 Å². The monoisotopic (exact) mass is 280 g/mol. The molecule has 2 rings (SSSR count). The number of carbonyl (C=O) groups is 2. The number of aliphatic hydroxyl groups excluding tert-OH is 1. The summed E-state index contributed by atoms with van der Waals surface area (Å²) < 4.78 is 4.80. The standard InChI is InChI=1S/C14H13ClO4/c1-2-19-14(18)12-11(16)7-10(13(12)17)8-3-5-9(15)6-4-8/h3-7,12-13,17H,2H2,1H3. The number of esters is 1. The normalized spacial score (nSPS) is 22.3. The molecule has 0 amide bonds. The molecule has 0 aromatic heterocycles. The van der Waals surface area contributed by atoms with Gasteiger partial charge < -0.3 is 9.84 Å². The molecule has 0 aliphatic heterocycles. The maximum atomic E-state index is 11.8. The van der Waals surface area contributed by atoms with Crippen LogP contribution in [0.4, 0.5) is 0 Å². The van der Waals surface area contributed by atoms with Crippen molar-refractivity contribution in [2.75, 3.05) is 6.61 Å². The van der Waals surface area contributed by atoms with Crippen LogP contribution in [0.25, 0.3) is 5.57 Å². The Bertz CT molecular complexity index is 533. The molecule has 0 saturated heterocycles. The van der Waals surface area contributed by atoms with E-state index >= 15 is 0 Å². The molecule has 2 atom stereocenters. The Kier molecular flexibility index (Phi) is 4.02. The lowest BCUT2D eigenvalue weighted by atomic mass is 9.97. The molecular formula is C14H13ClO4. The largest absolute Gasteiger partial charge is 0.465 e. The van der Waals surface area contributed by atoms with Crippen molar-refractivity contribution in [2.45, 2.75) is 13.0 Å². The van der Waals surface area contributed by atoms with Crippen molar-refractivity contribution in [1.29, 1.82) is 0 Å². The van der Waals surface area contributed by atoms with Gasteiger partial charge in [-0.05, 0) is 36.3 Å². The lowest BCUT2D eigenvalue weighted by Crippen LogP contribution is -2.31. The number of ether oxygens (including phenoxy) is 1. The molecule has 0 spiro atoms. The molecule has 19 heavy (non-hydrogen) atoms. The van der Waals surface area contributed by atoms with E-state index in [0.29, 0.717) is 16.2 Å². The van der Waals surface area contributed by atoms with E-state index in [1.807, 2.05) is 0 Å². The fourth-order valence-corrected chi connectivity index (χ4v) is 2.16. The predicted molar refractivity (Wildman–Crippen MR) is 70.6 cm³/mol. The van der Waals surface area contributed by atoms with Crippen LogP contribution in [0.2, 0.25) is 5.02 Å². The Morgan fingerprint density at radius 1 is 1.37 bits per heavy atom. The van der Waals surface area contributed by atoms with Crippen LogP contribution in [0.5, 0.6) is 0 Å². The third kappa shape index (κ3) is 2.69. The molecule has 1 aliphatic carbocycles. The summed E-state index contributed by atoms with van der Waals surface area (Å²) >= 11 is 5.78. The van der Waals surface area contributed by atoms with Crippen LogP contribution in [-0.4, -0.2) is 29.6 Å². The first kappa shape index (κ1) is 13.8. The summed E-state index contributed by atoms with van der Waals surface area (Å²) in [5, 5.41) is 10.7. The lowest BCUT2D eigenvalue weighted by Gasteiger charge is -2.15. The van der Waals surface area contributed by atoms with Gasteiger partial charge in [0.15, 0.2) is 5.78 Å². The molecule has 0 radical (unpaired) electrons. The average molecular weight is 281 g/mol. The van der Waals surface area contributed by atoms with Gasteiger partial charge in [0.05, 0.1) is 6.61 Å². The van der Waals surface area contributed by atoms with Gasteiger partial charge in [0.1, 0.15) is 12.0 Å². The molecule has 1 N–H and O–H groups in total. The predicted octanol–water partition coefficient (Wildman–Crippen LogP) is 1.85. The summed E-state index contributed by atoms with van der Waals surface area (Å²) in [5.41, 5.74) is 1.08. The zero-order valence-electron chi connectivity index (χ0n) is 10.3. The highest BCUT2D eigenvalue weighted by atomic mass is 35.5. The minimum Gasteiger partial charge on any atom is -0.465 e. The van der Waals surface area contributed by atoms with Gasteiger partial charge in [-0.3, -0.25) is 9.59 Å². The topological polar surface area (TPSA) is 63.6 Å². The van der Waals surface area contributed by atoms with Crippen molar-refractivity contribution in [3.63, 3.8) is 0 Å². The van der Waals surface area contributed by atoms with E-state index in [0.717, 1.165) is 0 Å². The van der Waals surface area contributed by atoms with Gasteiger partial charge in [0, 0.05) is 5.02 Å². The van der Waals surface area contributed by atoms with Gasteiger partial charge in [0.25, 0.3) is 0 Å². The fourth-order valence-electron chi connectivity index (χ4n) is 2.04. The van der Waals surface area contributed by atoms with Crippen LogP contribution in [-0.2, 0) is 14.3 Å². The van der Waals surface area contributed by atoms with Crippen molar-refractivity contribution in [2.24, 2.45) is 5.92 Å². The summed E-state index contributed by atoms with van der Waals surface area (Å²) in [6.07, 6.45) is 0.114. The van der Waals surface area contributed by atoms with E-state index in [1.54, 1.807) is 31.2 Å². The molecule has 0 bridgehead atoms. The quantitative estimate of drug-likeness (QED) is 0.678. The molecule has 2 unspecified atom stereocenters. The molecule has 0 heterocycles. The van der Waals surface area contributed by atoms with E-state index in [2.05, 4.69) is 0 Å². The minimum absolute atomic E-state index is 0.172. The van der Waals surface area contributed by atoms with Crippen molar-refractivity contribution in [1.82, 2.24) is 0 Å². The molecule has 1 aliphatic rings. The summed E-state index contributed by atoms with van der Waals surface area (Å²) in [6.45, 7) is 1.82. The number of hydrogen-bond donors (Lipinski definition) is 1. The van der Waals surface area contributed by atoms with Crippen molar-refractivity contribution in [3.05, 3.63) is 40.9 Å². The van der Waals surface area contributed by atoms with E-state index in [9.17, 15) is 14.7 Å². The van der Waals surface area contributed by atoms with Gasteiger partial charge in [-0.2, -0.15) is 0 Å². The first-order chi connectivity index (χ1) is 9.04. The maximum Gasteiger partial charge on any atom is 0.319 e. The molecule has 0 saturated carbocycles. The molecular weight excluding hydrogens is 268 g/mol. The van der Waals surface area contributed by atoms with Crippen LogP contribution in [0.15, 0.2) is 30.3 Å². The first-order valence-electron chi connectivity index (χ1n) is 5.90. The Balaban J connectivity index is 2.25.